The van der Waals surface area contributed by atoms with Gasteiger partial charge in [-0.15, -0.1) is 16.4 Å². The van der Waals surface area contributed by atoms with Gasteiger partial charge < -0.3 is 16.0 Å². The van der Waals surface area contributed by atoms with Gasteiger partial charge in [-0.25, -0.2) is 4.98 Å². The van der Waals surface area contributed by atoms with Crippen molar-refractivity contribution in [2.75, 3.05) is 5.75 Å². The summed E-state index contributed by atoms with van der Waals surface area (Å²) in [7, 11) is 0. The Hall–Kier alpha value is -1.80. The van der Waals surface area contributed by atoms with Gasteiger partial charge in [0, 0.05) is 27.6 Å². The number of hydrogen-bond acceptors (Lipinski definition) is 5. The SMILES string of the molecule is Cc1cc(-c2nc3n(c2/C=N/N=C(N)N)CCS3)c(C)s1. The molecule has 8 heteroatoms. The van der Waals surface area contributed by atoms with Gasteiger partial charge in [0.15, 0.2) is 5.16 Å². The van der Waals surface area contributed by atoms with Gasteiger partial charge in [0.2, 0.25) is 5.96 Å². The number of nitrogens with two attached hydrogens (primary N) is 2. The Morgan fingerprint density at radius 1 is 1.43 bits per heavy atom. The summed E-state index contributed by atoms with van der Waals surface area (Å²) in [6.45, 7) is 5.15. The van der Waals surface area contributed by atoms with Crippen molar-refractivity contribution >= 4 is 35.3 Å². The lowest BCUT2D eigenvalue weighted by molar-refractivity contribution is 0.715. The standard InChI is InChI=1S/C13H16N6S2/c1-7-5-9(8(2)21-7)11-10(6-16-18-12(14)15)19-3-4-20-13(19)17-11/h5-6H,3-4H2,1-2H3,(H4,14,15,18)/b16-6+. The lowest BCUT2D eigenvalue weighted by Gasteiger charge is -2.01. The number of guanidine groups is 1. The topological polar surface area (TPSA) is 94.6 Å². The Labute approximate surface area is 131 Å². The Morgan fingerprint density at radius 2 is 2.24 bits per heavy atom. The Kier molecular flexibility index (Phi) is 3.73. The van der Waals surface area contributed by atoms with Crippen LogP contribution in [0.2, 0.25) is 0 Å². The summed E-state index contributed by atoms with van der Waals surface area (Å²) >= 11 is 3.53. The number of aryl methyl sites for hydroxylation is 2. The number of fused-ring (bicyclic) bond motifs is 1. The molecule has 3 heterocycles. The molecule has 0 bridgehead atoms. The number of aromatic nitrogens is 2. The molecule has 3 rings (SSSR count). The maximum atomic E-state index is 5.31. The fraction of sp³-hybridized carbons (Fsp3) is 0.308. The molecule has 0 spiro atoms. The monoisotopic (exact) mass is 320 g/mol. The average molecular weight is 320 g/mol. The van der Waals surface area contributed by atoms with Crippen molar-refractivity contribution in [2.45, 2.75) is 25.5 Å². The molecule has 0 amide bonds. The molecule has 0 radical (unpaired) electrons. The van der Waals surface area contributed by atoms with Crippen molar-refractivity contribution in [3.8, 4) is 11.3 Å². The Morgan fingerprint density at radius 3 is 2.90 bits per heavy atom. The highest BCUT2D eigenvalue weighted by atomic mass is 32.2. The summed E-state index contributed by atoms with van der Waals surface area (Å²) in [5, 5.41) is 8.67. The molecular formula is C13H16N6S2. The summed E-state index contributed by atoms with van der Waals surface area (Å²) in [5.74, 6) is 0.985. The van der Waals surface area contributed by atoms with Crippen LogP contribution < -0.4 is 11.5 Å². The molecule has 110 valence electrons. The first-order valence-corrected chi connectivity index (χ1v) is 8.29. The first-order chi connectivity index (χ1) is 10.1. The van der Waals surface area contributed by atoms with E-state index in [0.717, 1.165) is 34.4 Å². The van der Waals surface area contributed by atoms with Gasteiger partial charge in [0.05, 0.1) is 17.6 Å². The van der Waals surface area contributed by atoms with Gasteiger partial charge in [-0.2, -0.15) is 5.10 Å². The van der Waals surface area contributed by atoms with E-state index in [4.69, 9.17) is 16.5 Å². The second-order valence-electron chi connectivity index (χ2n) is 4.72. The number of thiophene rings is 1. The van der Waals surface area contributed by atoms with Crippen LogP contribution in [0.15, 0.2) is 21.4 Å². The Bertz CT molecular complexity index is 736. The van der Waals surface area contributed by atoms with E-state index in [2.05, 4.69) is 34.7 Å². The molecule has 6 nitrogen and oxygen atoms in total. The second kappa shape index (κ2) is 5.53. The summed E-state index contributed by atoms with van der Waals surface area (Å²) < 4.78 is 2.16. The van der Waals surface area contributed by atoms with E-state index in [0.29, 0.717) is 0 Å². The first-order valence-electron chi connectivity index (χ1n) is 6.49. The summed E-state index contributed by atoms with van der Waals surface area (Å²) in [4.78, 5) is 7.29. The molecule has 0 saturated heterocycles. The van der Waals surface area contributed by atoms with Crippen molar-refractivity contribution in [3.63, 3.8) is 0 Å². The van der Waals surface area contributed by atoms with Crippen molar-refractivity contribution in [3.05, 3.63) is 21.5 Å². The molecule has 0 saturated carbocycles. The predicted molar refractivity (Wildman–Crippen MR) is 89.1 cm³/mol. The highest BCUT2D eigenvalue weighted by Gasteiger charge is 2.23. The van der Waals surface area contributed by atoms with Crippen LogP contribution in [0.3, 0.4) is 0 Å². The first kappa shape index (κ1) is 14.2. The molecule has 2 aromatic heterocycles. The van der Waals surface area contributed by atoms with E-state index >= 15 is 0 Å². The second-order valence-corrected chi connectivity index (χ2v) is 7.25. The zero-order valence-electron chi connectivity index (χ0n) is 11.8. The van der Waals surface area contributed by atoms with E-state index in [9.17, 15) is 0 Å². The third-order valence-electron chi connectivity index (χ3n) is 3.17. The van der Waals surface area contributed by atoms with Crippen LogP contribution >= 0.6 is 23.1 Å². The molecule has 0 unspecified atom stereocenters. The van der Waals surface area contributed by atoms with Gasteiger partial charge in [-0.05, 0) is 19.9 Å². The predicted octanol–water partition coefficient (Wildman–Crippen LogP) is 1.94. The Balaban J connectivity index is 2.11. The van der Waals surface area contributed by atoms with Gasteiger partial charge in [-0.3, -0.25) is 0 Å². The minimum atomic E-state index is -0.0501. The highest BCUT2D eigenvalue weighted by Crippen LogP contribution is 2.36. The van der Waals surface area contributed by atoms with Crippen molar-refractivity contribution in [1.82, 2.24) is 9.55 Å². The molecule has 2 aromatic rings. The van der Waals surface area contributed by atoms with Gasteiger partial charge in [-0.1, -0.05) is 11.8 Å². The smallest absolute Gasteiger partial charge is 0.211 e. The number of rotatable bonds is 3. The maximum absolute atomic E-state index is 5.31. The largest absolute Gasteiger partial charge is 0.369 e. The fourth-order valence-electron chi connectivity index (χ4n) is 2.34. The summed E-state index contributed by atoms with van der Waals surface area (Å²) in [6, 6.07) is 2.17. The van der Waals surface area contributed by atoms with Crippen LogP contribution in [0, 0.1) is 13.8 Å². The zero-order chi connectivity index (χ0) is 15.0. The minimum absolute atomic E-state index is 0.0501. The molecule has 0 aromatic carbocycles. The third-order valence-corrected chi connectivity index (χ3v) is 5.09. The zero-order valence-corrected chi connectivity index (χ0v) is 13.5. The van der Waals surface area contributed by atoms with Gasteiger partial charge in [0.25, 0.3) is 0 Å². The van der Waals surface area contributed by atoms with Crippen LogP contribution in [0.1, 0.15) is 15.4 Å². The van der Waals surface area contributed by atoms with Crippen molar-refractivity contribution in [2.24, 2.45) is 21.7 Å². The number of hydrogen-bond donors (Lipinski definition) is 2. The fourth-order valence-corrected chi connectivity index (χ4v) is 4.23. The van der Waals surface area contributed by atoms with E-state index in [1.54, 1.807) is 29.3 Å². The average Bonchev–Trinajstić information content (AvgIpc) is 3.05. The molecule has 0 atom stereocenters. The third kappa shape index (κ3) is 2.68. The van der Waals surface area contributed by atoms with Gasteiger partial charge in [0.1, 0.15) is 0 Å². The number of nitrogens with zero attached hydrogens (tertiary/aromatic N) is 4. The van der Waals surface area contributed by atoms with E-state index in [-0.39, 0.29) is 5.96 Å². The van der Waals surface area contributed by atoms with Crippen LogP contribution in [-0.2, 0) is 6.54 Å². The molecule has 0 fully saturated rings. The molecular weight excluding hydrogens is 304 g/mol. The minimum Gasteiger partial charge on any atom is -0.369 e. The highest BCUT2D eigenvalue weighted by molar-refractivity contribution is 7.99. The van der Waals surface area contributed by atoms with Crippen LogP contribution in [0.25, 0.3) is 11.3 Å². The van der Waals surface area contributed by atoms with Crippen LogP contribution in [0.5, 0.6) is 0 Å². The van der Waals surface area contributed by atoms with Crippen LogP contribution in [0.4, 0.5) is 0 Å². The van der Waals surface area contributed by atoms with Crippen molar-refractivity contribution in [1.29, 1.82) is 0 Å². The molecule has 1 aliphatic rings. The molecule has 21 heavy (non-hydrogen) atoms. The normalized spacial score (nSPS) is 13.8. The number of imidazole rings is 1. The van der Waals surface area contributed by atoms with Gasteiger partial charge >= 0.3 is 0 Å². The molecule has 0 aliphatic carbocycles. The van der Waals surface area contributed by atoms with E-state index in [1.165, 1.54) is 9.75 Å². The number of thioether (sulfide) groups is 1. The van der Waals surface area contributed by atoms with Crippen LogP contribution in [-0.4, -0.2) is 27.5 Å². The molecule has 4 N–H and O–H groups in total. The quantitative estimate of drug-likeness (QED) is 0.513. The van der Waals surface area contributed by atoms with E-state index < -0.39 is 0 Å². The summed E-state index contributed by atoms with van der Waals surface area (Å²) in [6.07, 6.45) is 1.68. The summed E-state index contributed by atoms with van der Waals surface area (Å²) in [5.41, 5.74) is 13.7. The van der Waals surface area contributed by atoms with E-state index in [1.807, 2.05) is 0 Å². The molecule has 1 aliphatic heterocycles. The maximum Gasteiger partial charge on any atom is 0.211 e. The van der Waals surface area contributed by atoms with Crippen molar-refractivity contribution < 1.29 is 0 Å². The lowest BCUT2D eigenvalue weighted by atomic mass is 10.1. The lowest BCUT2D eigenvalue weighted by Crippen LogP contribution is -2.21.